The summed E-state index contributed by atoms with van der Waals surface area (Å²) in [6.45, 7) is 13.7. The van der Waals surface area contributed by atoms with Crippen molar-refractivity contribution in [3.63, 3.8) is 0 Å². The second-order valence-corrected chi connectivity index (χ2v) is 9.32. The molecule has 34 heavy (non-hydrogen) atoms. The van der Waals surface area contributed by atoms with Gasteiger partial charge in [0.05, 0.1) is 6.54 Å². The Balaban J connectivity index is 1.74. The molecule has 1 heterocycles. The van der Waals surface area contributed by atoms with Crippen LogP contribution < -0.4 is 10.9 Å². The molecule has 0 amide bonds. The van der Waals surface area contributed by atoms with Crippen LogP contribution in [-0.4, -0.2) is 52.6 Å². The van der Waals surface area contributed by atoms with Crippen LogP contribution in [0.3, 0.4) is 0 Å². The summed E-state index contributed by atoms with van der Waals surface area (Å²) in [6, 6.07) is 16.6. The van der Waals surface area contributed by atoms with Gasteiger partial charge in [-0.2, -0.15) is 0 Å². The van der Waals surface area contributed by atoms with Crippen molar-refractivity contribution in [1.29, 1.82) is 0 Å². The molecular formula is C28H38N4OS. The van der Waals surface area contributed by atoms with Crippen molar-refractivity contribution in [1.82, 2.24) is 20.1 Å². The van der Waals surface area contributed by atoms with Crippen molar-refractivity contribution in [2.24, 2.45) is 0 Å². The largest absolute Gasteiger partial charge is 0.362 e. The molecule has 0 saturated carbocycles. The fourth-order valence-corrected chi connectivity index (χ4v) is 4.64. The Morgan fingerprint density at radius 1 is 1.03 bits per heavy atom. The zero-order valence-corrected chi connectivity index (χ0v) is 21.8. The summed E-state index contributed by atoms with van der Waals surface area (Å²) < 4.78 is 0. The zero-order valence-electron chi connectivity index (χ0n) is 21.0. The number of nitrogens with one attached hydrogen (secondary N) is 2. The number of thiocarbonyl (C=S) groups is 1. The molecule has 0 unspecified atom stereocenters. The van der Waals surface area contributed by atoms with E-state index in [2.05, 4.69) is 78.1 Å². The SMILES string of the molecule is CCN(CC)CCCN(Cc1cc2c(C)cc(C)cc2[nH]c1=O)C(=S)NCCc1ccccc1. The summed E-state index contributed by atoms with van der Waals surface area (Å²) in [5, 5.41) is 5.22. The number of hydrogen-bond donors (Lipinski definition) is 2. The number of fused-ring (bicyclic) bond motifs is 1. The number of aromatic nitrogens is 1. The maximum atomic E-state index is 12.9. The van der Waals surface area contributed by atoms with Crippen molar-refractivity contribution < 1.29 is 0 Å². The van der Waals surface area contributed by atoms with Crippen LogP contribution in [0.4, 0.5) is 0 Å². The fraction of sp³-hybridized carbons (Fsp3) is 0.429. The number of nitrogens with zero attached hydrogens (tertiary/aromatic N) is 2. The van der Waals surface area contributed by atoms with Gasteiger partial charge in [0.15, 0.2) is 5.11 Å². The topological polar surface area (TPSA) is 51.4 Å². The Morgan fingerprint density at radius 2 is 1.76 bits per heavy atom. The molecule has 0 saturated heterocycles. The Morgan fingerprint density at radius 3 is 2.47 bits per heavy atom. The molecule has 182 valence electrons. The second kappa shape index (κ2) is 12.7. The smallest absolute Gasteiger partial charge is 0.253 e. The first-order chi connectivity index (χ1) is 16.4. The highest BCUT2D eigenvalue weighted by Crippen LogP contribution is 2.19. The average Bonchev–Trinajstić information content (AvgIpc) is 2.82. The molecule has 3 rings (SSSR count). The molecule has 0 fully saturated rings. The van der Waals surface area contributed by atoms with Crippen molar-refractivity contribution in [3.05, 3.63) is 81.1 Å². The van der Waals surface area contributed by atoms with Gasteiger partial charge in [-0.3, -0.25) is 4.79 Å². The van der Waals surface area contributed by atoms with Gasteiger partial charge in [0.1, 0.15) is 0 Å². The molecule has 0 radical (unpaired) electrons. The Bertz CT molecular complexity index is 1140. The van der Waals surface area contributed by atoms with E-state index >= 15 is 0 Å². The van der Waals surface area contributed by atoms with Gasteiger partial charge in [-0.15, -0.1) is 0 Å². The third-order valence-corrected chi connectivity index (χ3v) is 6.77. The molecule has 0 aliphatic heterocycles. The van der Waals surface area contributed by atoms with Gasteiger partial charge in [0, 0.05) is 29.6 Å². The van der Waals surface area contributed by atoms with Gasteiger partial charge in [-0.05, 0) is 87.4 Å². The molecule has 0 aliphatic rings. The van der Waals surface area contributed by atoms with E-state index in [1.54, 1.807) is 0 Å². The van der Waals surface area contributed by atoms with Crippen molar-refractivity contribution >= 4 is 28.2 Å². The molecule has 0 spiro atoms. The van der Waals surface area contributed by atoms with Gasteiger partial charge >= 0.3 is 0 Å². The number of benzene rings is 2. The van der Waals surface area contributed by atoms with Crippen molar-refractivity contribution in [3.8, 4) is 0 Å². The van der Waals surface area contributed by atoms with E-state index < -0.39 is 0 Å². The monoisotopic (exact) mass is 478 g/mol. The number of aryl methyl sites for hydroxylation is 2. The van der Waals surface area contributed by atoms with Gasteiger partial charge in [0.25, 0.3) is 5.56 Å². The Hall–Kier alpha value is -2.70. The van der Waals surface area contributed by atoms with Gasteiger partial charge in [0.2, 0.25) is 0 Å². The van der Waals surface area contributed by atoms with E-state index in [9.17, 15) is 4.79 Å². The Labute approximate surface area is 209 Å². The first kappa shape index (κ1) is 25.9. The highest BCUT2D eigenvalue weighted by atomic mass is 32.1. The maximum absolute atomic E-state index is 12.9. The van der Waals surface area contributed by atoms with E-state index in [1.165, 1.54) is 11.1 Å². The molecule has 0 bridgehead atoms. The van der Waals surface area contributed by atoms with Crippen LogP contribution in [-0.2, 0) is 13.0 Å². The van der Waals surface area contributed by atoms with Crippen LogP contribution in [0.15, 0.2) is 53.3 Å². The maximum Gasteiger partial charge on any atom is 0.253 e. The summed E-state index contributed by atoms with van der Waals surface area (Å²) >= 11 is 5.80. The minimum atomic E-state index is -0.0432. The van der Waals surface area contributed by atoms with Crippen molar-refractivity contribution in [2.45, 2.75) is 47.1 Å². The third kappa shape index (κ3) is 7.15. The standard InChI is InChI=1S/C28H38N4OS/c1-5-31(6-2)15-10-16-32(28(34)29-14-13-23-11-8-7-9-12-23)20-24-19-25-22(4)17-21(3)18-26(25)30-27(24)33/h7-9,11-12,17-19H,5-6,10,13-16,20H2,1-4H3,(H,29,34)(H,30,33). The lowest BCUT2D eigenvalue weighted by molar-refractivity contribution is 0.279. The summed E-state index contributed by atoms with van der Waals surface area (Å²) in [6.07, 6.45) is 1.90. The molecule has 0 atom stereocenters. The predicted octanol–water partition coefficient (Wildman–Crippen LogP) is 4.80. The van der Waals surface area contributed by atoms with Crippen LogP contribution >= 0.6 is 12.2 Å². The highest BCUT2D eigenvalue weighted by Gasteiger charge is 2.14. The second-order valence-electron chi connectivity index (χ2n) is 8.94. The highest BCUT2D eigenvalue weighted by molar-refractivity contribution is 7.80. The van der Waals surface area contributed by atoms with E-state index in [1.807, 2.05) is 18.2 Å². The lowest BCUT2D eigenvalue weighted by Crippen LogP contribution is -2.42. The summed E-state index contributed by atoms with van der Waals surface area (Å²) in [4.78, 5) is 20.6. The van der Waals surface area contributed by atoms with Gasteiger partial charge in [-0.1, -0.05) is 50.2 Å². The molecule has 2 N–H and O–H groups in total. The summed E-state index contributed by atoms with van der Waals surface area (Å²) in [7, 11) is 0. The Kier molecular flexibility index (Phi) is 9.66. The number of hydrogen-bond acceptors (Lipinski definition) is 3. The first-order valence-electron chi connectivity index (χ1n) is 12.3. The van der Waals surface area contributed by atoms with Gasteiger partial charge in [-0.25, -0.2) is 0 Å². The molecule has 3 aromatic rings. The summed E-state index contributed by atoms with van der Waals surface area (Å²) in [5.74, 6) is 0. The first-order valence-corrected chi connectivity index (χ1v) is 12.7. The molecule has 1 aromatic heterocycles. The number of rotatable bonds is 11. The van der Waals surface area contributed by atoms with Crippen LogP contribution in [0.2, 0.25) is 0 Å². The van der Waals surface area contributed by atoms with Crippen LogP contribution in [0.5, 0.6) is 0 Å². The molecule has 5 nitrogen and oxygen atoms in total. The van der Waals surface area contributed by atoms with E-state index in [0.29, 0.717) is 11.7 Å². The lowest BCUT2D eigenvalue weighted by atomic mass is 10.0. The number of H-pyrrole nitrogens is 1. The zero-order chi connectivity index (χ0) is 24.5. The van der Waals surface area contributed by atoms with E-state index in [4.69, 9.17) is 12.2 Å². The number of aromatic amines is 1. The number of pyridine rings is 1. The fourth-order valence-electron chi connectivity index (χ4n) is 4.39. The quantitative estimate of drug-likeness (QED) is 0.388. The van der Waals surface area contributed by atoms with Gasteiger partial charge < -0.3 is 20.1 Å². The molecule has 2 aromatic carbocycles. The minimum Gasteiger partial charge on any atom is -0.362 e. The van der Waals surface area contributed by atoms with E-state index in [0.717, 1.165) is 67.6 Å². The van der Waals surface area contributed by atoms with Crippen LogP contribution in [0.1, 0.15) is 42.5 Å². The lowest BCUT2D eigenvalue weighted by Gasteiger charge is -2.27. The van der Waals surface area contributed by atoms with Crippen LogP contribution in [0.25, 0.3) is 10.9 Å². The average molecular weight is 479 g/mol. The third-order valence-electron chi connectivity index (χ3n) is 6.37. The summed E-state index contributed by atoms with van der Waals surface area (Å²) in [5.41, 5.74) is 5.19. The van der Waals surface area contributed by atoms with Crippen LogP contribution in [0, 0.1) is 13.8 Å². The van der Waals surface area contributed by atoms with Crippen molar-refractivity contribution in [2.75, 3.05) is 32.7 Å². The normalized spacial score (nSPS) is 11.2. The predicted molar refractivity (Wildman–Crippen MR) is 148 cm³/mol. The molecular weight excluding hydrogens is 440 g/mol. The van der Waals surface area contributed by atoms with E-state index in [-0.39, 0.29) is 5.56 Å². The minimum absolute atomic E-state index is 0.0432. The molecule has 6 heteroatoms. The molecule has 0 aliphatic carbocycles.